The highest BCUT2D eigenvalue weighted by Crippen LogP contribution is 2.59. The number of carbonyl (C=O) groups is 1. The van der Waals surface area contributed by atoms with Gasteiger partial charge in [0.1, 0.15) is 5.60 Å². The summed E-state index contributed by atoms with van der Waals surface area (Å²) in [5, 5.41) is 12.0. The van der Waals surface area contributed by atoms with Gasteiger partial charge in [-0.05, 0) is 31.2 Å². The summed E-state index contributed by atoms with van der Waals surface area (Å²) in [6, 6.07) is 7.86. The topological polar surface area (TPSA) is 58.6 Å². The van der Waals surface area contributed by atoms with Crippen LogP contribution in [0.25, 0.3) is 0 Å². The van der Waals surface area contributed by atoms with E-state index in [-0.39, 0.29) is 18.4 Å². The number of amides is 1. The molecular weight excluding hydrogens is 242 g/mol. The lowest BCUT2D eigenvalue weighted by molar-refractivity contribution is -0.191. The van der Waals surface area contributed by atoms with Crippen molar-refractivity contribution in [2.24, 2.45) is 11.8 Å². The number of hydrogen-bond acceptors (Lipinski definition) is 3. The van der Waals surface area contributed by atoms with Gasteiger partial charge in [-0.1, -0.05) is 18.2 Å². The van der Waals surface area contributed by atoms with Crippen LogP contribution in [0.1, 0.15) is 24.8 Å². The van der Waals surface area contributed by atoms with E-state index >= 15 is 0 Å². The van der Waals surface area contributed by atoms with E-state index in [0.29, 0.717) is 5.92 Å². The number of para-hydroxylation sites is 1. The maximum atomic E-state index is 12.2. The van der Waals surface area contributed by atoms with Crippen molar-refractivity contribution in [3.05, 3.63) is 29.8 Å². The molecule has 102 valence electrons. The molecule has 1 fully saturated rings. The van der Waals surface area contributed by atoms with Gasteiger partial charge in [0.15, 0.2) is 0 Å². The minimum Gasteiger partial charge on any atom is -0.396 e. The molecule has 1 heterocycles. The molecule has 0 aromatic heterocycles. The van der Waals surface area contributed by atoms with E-state index in [1.807, 2.05) is 24.3 Å². The zero-order valence-corrected chi connectivity index (χ0v) is 11.1. The van der Waals surface area contributed by atoms with Crippen LogP contribution >= 0.6 is 0 Å². The zero-order valence-electron chi connectivity index (χ0n) is 11.1. The van der Waals surface area contributed by atoms with Gasteiger partial charge in [0, 0.05) is 25.0 Å². The predicted molar refractivity (Wildman–Crippen MR) is 71.7 cm³/mol. The smallest absolute Gasteiger partial charge is 0.230 e. The number of rotatable bonds is 4. The first-order valence-corrected chi connectivity index (χ1v) is 6.80. The van der Waals surface area contributed by atoms with Crippen molar-refractivity contribution in [1.29, 1.82) is 0 Å². The molecule has 3 rings (SSSR count). The third-order valence-electron chi connectivity index (χ3n) is 4.62. The van der Waals surface area contributed by atoms with Gasteiger partial charge < -0.3 is 15.2 Å². The fraction of sp³-hybridized carbons (Fsp3) is 0.533. The van der Waals surface area contributed by atoms with Gasteiger partial charge >= 0.3 is 0 Å². The molecule has 0 bridgehead atoms. The molecule has 1 aromatic carbocycles. The van der Waals surface area contributed by atoms with Crippen LogP contribution in [0.3, 0.4) is 0 Å². The molecule has 1 aliphatic heterocycles. The predicted octanol–water partition coefficient (Wildman–Crippen LogP) is 1.89. The zero-order chi connectivity index (χ0) is 13.5. The van der Waals surface area contributed by atoms with Gasteiger partial charge in [-0.15, -0.1) is 0 Å². The van der Waals surface area contributed by atoms with Gasteiger partial charge in [-0.3, -0.25) is 4.79 Å². The summed E-state index contributed by atoms with van der Waals surface area (Å²) in [7, 11) is 1.69. The lowest BCUT2D eigenvalue weighted by Gasteiger charge is -2.57. The molecule has 4 heteroatoms. The molecule has 4 nitrogen and oxygen atoms in total. The number of fused-ring (bicyclic) bond motifs is 3. The highest BCUT2D eigenvalue weighted by molar-refractivity contribution is 5.98. The Balaban J connectivity index is 2.01. The Kier molecular flexibility index (Phi) is 3.07. The van der Waals surface area contributed by atoms with Crippen molar-refractivity contribution in [3.63, 3.8) is 0 Å². The molecule has 0 saturated heterocycles. The average Bonchev–Trinajstić information content (AvgIpc) is 2.40. The normalized spacial score (nSPS) is 32.0. The fourth-order valence-electron chi connectivity index (χ4n) is 3.71. The number of anilines is 1. The van der Waals surface area contributed by atoms with Crippen LogP contribution in [0.4, 0.5) is 5.69 Å². The maximum Gasteiger partial charge on any atom is 0.230 e. The maximum absolute atomic E-state index is 12.2. The van der Waals surface area contributed by atoms with E-state index in [0.717, 1.165) is 30.5 Å². The number of nitrogens with one attached hydrogen (secondary N) is 1. The van der Waals surface area contributed by atoms with Gasteiger partial charge in [0.2, 0.25) is 5.91 Å². The Morgan fingerprint density at radius 3 is 3.00 bits per heavy atom. The first kappa shape index (κ1) is 12.6. The van der Waals surface area contributed by atoms with Crippen LogP contribution in [0.2, 0.25) is 0 Å². The fourth-order valence-corrected chi connectivity index (χ4v) is 3.71. The number of methoxy groups -OCH3 is 1. The number of aliphatic hydroxyl groups excluding tert-OH is 1. The molecule has 0 unspecified atom stereocenters. The Bertz CT molecular complexity index is 502. The molecule has 2 N–H and O–H groups in total. The lowest BCUT2D eigenvalue weighted by atomic mass is 9.54. The van der Waals surface area contributed by atoms with Crippen LogP contribution in [0.5, 0.6) is 0 Å². The third kappa shape index (κ3) is 1.63. The van der Waals surface area contributed by atoms with E-state index in [4.69, 9.17) is 9.84 Å². The van der Waals surface area contributed by atoms with Crippen LogP contribution in [-0.2, 0) is 15.1 Å². The molecule has 2 aliphatic rings. The number of carbonyl (C=O) groups excluding carboxylic acids is 1. The summed E-state index contributed by atoms with van der Waals surface area (Å²) in [5.41, 5.74) is 1.45. The van der Waals surface area contributed by atoms with E-state index in [9.17, 15) is 4.79 Å². The van der Waals surface area contributed by atoms with E-state index in [2.05, 4.69) is 5.32 Å². The van der Waals surface area contributed by atoms with Crippen molar-refractivity contribution in [3.8, 4) is 0 Å². The van der Waals surface area contributed by atoms with Crippen LogP contribution < -0.4 is 5.32 Å². The highest BCUT2D eigenvalue weighted by Gasteiger charge is 2.61. The van der Waals surface area contributed by atoms with Gasteiger partial charge in [-0.25, -0.2) is 0 Å². The highest BCUT2D eigenvalue weighted by atomic mass is 16.5. The van der Waals surface area contributed by atoms with Gasteiger partial charge in [0.25, 0.3) is 0 Å². The minimum absolute atomic E-state index is 0.0563. The molecule has 1 aliphatic carbocycles. The quantitative estimate of drug-likeness (QED) is 0.870. The summed E-state index contributed by atoms with van der Waals surface area (Å²) in [5.74, 6) is 0.263. The van der Waals surface area contributed by atoms with Crippen molar-refractivity contribution in [2.45, 2.75) is 24.9 Å². The second-order valence-electron chi connectivity index (χ2n) is 5.38. The number of hydrogen-bond donors (Lipinski definition) is 2. The Labute approximate surface area is 112 Å². The van der Waals surface area contributed by atoms with Crippen LogP contribution in [0, 0.1) is 11.8 Å². The lowest BCUT2D eigenvalue weighted by Crippen LogP contribution is -2.61. The van der Waals surface area contributed by atoms with Gasteiger partial charge in [0.05, 0.1) is 5.92 Å². The first-order valence-electron chi connectivity index (χ1n) is 6.80. The second kappa shape index (κ2) is 4.62. The van der Waals surface area contributed by atoms with E-state index < -0.39 is 5.60 Å². The molecule has 1 aromatic rings. The molecular formula is C15H19NO3. The van der Waals surface area contributed by atoms with Crippen LogP contribution in [0.15, 0.2) is 24.3 Å². The summed E-state index contributed by atoms with van der Waals surface area (Å²) in [6.45, 7) is 0.189. The Morgan fingerprint density at radius 2 is 2.26 bits per heavy atom. The minimum atomic E-state index is -0.492. The largest absolute Gasteiger partial charge is 0.396 e. The summed E-state index contributed by atoms with van der Waals surface area (Å²) < 4.78 is 5.84. The standard InChI is InChI=1S/C15H19NO3/c1-19-15-10(5-4-8-17)9-12(15)14(18)16-13-7-3-2-6-11(13)15/h2-3,6-7,10,12,17H,4-5,8-9H2,1H3,(H,16,18)/t10-,12+,15+/m0/s1. The number of ether oxygens (including phenoxy) is 1. The van der Waals surface area contributed by atoms with E-state index in [1.165, 1.54) is 0 Å². The molecule has 1 amide bonds. The first-order chi connectivity index (χ1) is 9.24. The van der Waals surface area contributed by atoms with Gasteiger partial charge in [-0.2, -0.15) is 0 Å². The Morgan fingerprint density at radius 1 is 1.47 bits per heavy atom. The molecule has 3 atom stereocenters. The van der Waals surface area contributed by atoms with Crippen molar-refractivity contribution >= 4 is 11.6 Å². The average molecular weight is 261 g/mol. The second-order valence-corrected chi connectivity index (χ2v) is 5.38. The van der Waals surface area contributed by atoms with E-state index in [1.54, 1.807) is 7.11 Å². The summed E-state index contributed by atoms with van der Waals surface area (Å²) in [6.07, 6.45) is 2.49. The van der Waals surface area contributed by atoms with Crippen molar-refractivity contribution in [2.75, 3.05) is 19.0 Å². The van der Waals surface area contributed by atoms with Crippen LogP contribution in [-0.4, -0.2) is 24.7 Å². The summed E-state index contributed by atoms with van der Waals surface area (Å²) in [4.78, 5) is 12.2. The SMILES string of the molecule is CO[C@]12c3ccccc3NC(=O)[C@H]1C[C@@H]2CCCO. The monoisotopic (exact) mass is 261 g/mol. The van der Waals surface area contributed by atoms with Crippen molar-refractivity contribution < 1.29 is 14.6 Å². The molecule has 19 heavy (non-hydrogen) atoms. The number of aliphatic hydroxyl groups is 1. The third-order valence-corrected chi connectivity index (χ3v) is 4.62. The Hall–Kier alpha value is -1.39. The molecule has 0 radical (unpaired) electrons. The molecule has 1 saturated carbocycles. The van der Waals surface area contributed by atoms with Crippen molar-refractivity contribution in [1.82, 2.24) is 0 Å². The number of benzene rings is 1. The molecule has 0 spiro atoms. The summed E-state index contributed by atoms with van der Waals surface area (Å²) >= 11 is 0.